The number of amides is 1. The Bertz CT molecular complexity index is 1340. The van der Waals surface area contributed by atoms with Gasteiger partial charge in [-0.15, -0.1) is 0 Å². The van der Waals surface area contributed by atoms with Crippen molar-refractivity contribution in [2.75, 3.05) is 31.1 Å². The van der Waals surface area contributed by atoms with E-state index >= 15 is 0 Å². The summed E-state index contributed by atoms with van der Waals surface area (Å²) < 4.78 is 9.12. The number of pyridine rings is 1. The van der Waals surface area contributed by atoms with Gasteiger partial charge in [-0.1, -0.05) is 18.2 Å². The smallest absolute Gasteiger partial charge is 0.410 e. The van der Waals surface area contributed by atoms with E-state index in [1.54, 1.807) is 27.8 Å². The highest BCUT2D eigenvalue weighted by Gasteiger charge is 2.24. The number of hydrogen-bond donors (Lipinski definition) is 0. The summed E-state index contributed by atoms with van der Waals surface area (Å²) in [6, 6.07) is 13.3. The molecular formula is C24H23N7O2. The maximum atomic E-state index is 12.5. The van der Waals surface area contributed by atoms with Crippen LogP contribution in [-0.4, -0.2) is 56.6 Å². The average Bonchev–Trinajstić information content (AvgIpc) is 3.48. The van der Waals surface area contributed by atoms with Gasteiger partial charge in [-0.2, -0.15) is 15.5 Å². The second-order valence-electron chi connectivity index (χ2n) is 8.02. The number of nitriles is 1. The number of nitrogens with zero attached hydrogens (tertiary/aromatic N) is 7. The molecular weight excluding hydrogens is 418 g/mol. The molecule has 4 heterocycles. The summed E-state index contributed by atoms with van der Waals surface area (Å²) >= 11 is 0. The molecule has 33 heavy (non-hydrogen) atoms. The Hall–Kier alpha value is -4.32. The van der Waals surface area contributed by atoms with Crippen molar-refractivity contribution in [1.29, 1.82) is 5.26 Å². The molecule has 9 heteroatoms. The minimum atomic E-state index is -0.335. The summed E-state index contributed by atoms with van der Waals surface area (Å²) in [6.45, 7) is 2.70. The van der Waals surface area contributed by atoms with Gasteiger partial charge in [-0.05, 0) is 23.8 Å². The van der Waals surface area contributed by atoms with Gasteiger partial charge in [-0.25, -0.2) is 9.31 Å². The molecule has 166 valence electrons. The van der Waals surface area contributed by atoms with Crippen LogP contribution in [0.2, 0.25) is 0 Å². The zero-order valence-corrected chi connectivity index (χ0v) is 18.3. The Morgan fingerprint density at radius 3 is 2.67 bits per heavy atom. The molecule has 1 aliphatic heterocycles. The first-order valence-corrected chi connectivity index (χ1v) is 10.7. The molecule has 1 aromatic carbocycles. The molecule has 3 aromatic heterocycles. The number of piperazine rings is 1. The zero-order chi connectivity index (χ0) is 22.8. The summed E-state index contributed by atoms with van der Waals surface area (Å²) in [5, 5.41) is 17.8. The van der Waals surface area contributed by atoms with E-state index in [0.717, 1.165) is 27.9 Å². The van der Waals surface area contributed by atoms with Gasteiger partial charge in [0, 0.05) is 56.7 Å². The lowest BCUT2D eigenvalue weighted by Crippen LogP contribution is -2.48. The summed E-state index contributed by atoms with van der Waals surface area (Å²) in [6.07, 6.45) is 7.36. The Morgan fingerprint density at radius 2 is 1.91 bits per heavy atom. The van der Waals surface area contributed by atoms with E-state index in [2.05, 4.69) is 33.3 Å². The molecule has 1 fully saturated rings. The predicted molar refractivity (Wildman–Crippen MR) is 123 cm³/mol. The number of fused-ring (bicyclic) bond motifs is 1. The molecule has 0 unspecified atom stereocenters. The molecule has 9 nitrogen and oxygen atoms in total. The minimum absolute atomic E-state index is 0.155. The third kappa shape index (κ3) is 4.23. The standard InChI is InChI=1S/C24H23N7O2/c1-28-15-21(13-26-28)20-5-6-22-23(14-27-31(22)16-20)29-7-9-30(10-8-29)24(32)33-17-19-4-2-3-18(11-19)12-25/h2-6,11,13-16H,7-10,17H2,1H3. The monoisotopic (exact) mass is 441 g/mol. The highest BCUT2D eigenvalue weighted by molar-refractivity contribution is 5.76. The molecule has 0 bridgehead atoms. The fourth-order valence-corrected chi connectivity index (χ4v) is 4.05. The first-order valence-electron chi connectivity index (χ1n) is 10.7. The van der Waals surface area contributed by atoms with E-state index < -0.39 is 0 Å². The van der Waals surface area contributed by atoms with Crippen molar-refractivity contribution in [3.63, 3.8) is 0 Å². The molecule has 1 amide bonds. The third-order valence-corrected chi connectivity index (χ3v) is 5.83. The average molecular weight is 441 g/mol. The first kappa shape index (κ1) is 20.6. The number of hydrogen-bond acceptors (Lipinski definition) is 6. The largest absolute Gasteiger partial charge is 0.445 e. The van der Waals surface area contributed by atoms with Gasteiger partial charge >= 0.3 is 6.09 Å². The Kier molecular flexibility index (Phi) is 5.40. The molecule has 4 aromatic rings. The van der Waals surface area contributed by atoms with Crippen LogP contribution in [0.25, 0.3) is 16.6 Å². The Morgan fingerprint density at radius 1 is 1.06 bits per heavy atom. The van der Waals surface area contributed by atoms with Crippen LogP contribution in [0.15, 0.2) is 61.2 Å². The van der Waals surface area contributed by atoms with Gasteiger partial charge in [0.05, 0.1) is 35.2 Å². The van der Waals surface area contributed by atoms with Crippen LogP contribution < -0.4 is 4.90 Å². The van der Waals surface area contributed by atoms with E-state index in [9.17, 15) is 4.79 Å². The SMILES string of the molecule is Cn1cc(-c2ccc3c(N4CCN(C(=O)OCc5cccc(C#N)c5)CC4)cnn3c2)cn1. The second kappa shape index (κ2) is 8.67. The lowest BCUT2D eigenvalue weighted by Gasteiger charge is -2.34. The normalized spacial score (nSPS) is 13.8. The third-order valence-electron chi connectivity index (χ3n) is 5.83. The summed E-state index contributed by atoms with van der Waals surface area (Å²) in [7, 11) is 1.90. The number of anilines is 1. The lowest BCUT2D eigenvalue weighted by molar-refractivity contribution is 0.0942. The van der Waals surface area contributed by atoms with Crippen LogP contribution in [-0.2, 0) is 18.4 Å². The van der Waals surface area contributed by atoms with Crippen LogP contribution in [0.5, 0.6) is 0 Å². The number of aromatic nitrogens is 4. The topological polar surface area (TPSA) is 91.7 Å². The maximum Gasteiger partial charge on any atom is 0.410 e. The number of carbonyl (C=O) groups excluding carboxylic acids is 1. The van der Waals surface area contributed by atoms with E-state index in [0.29, 0.717) is 31.7 Å². The van der Waals surface area contributed by atoms with Crippen LogP contribution >= 0.6 is 0 Å². The molecule has 0 radical (unpaired) electrons. The van der Waals surface area contributed by atoms with Crippen molar-refractivity contribution in [3.8, 4) is 17.2 Å². The van der Waals surface area contributed by atoms with E-state index in [1.807, 2.05) is 42.4 Å². The van der Waals surface area contributed by atoms with Crippen molar-refractivity contribution >= 4 is 17.3 Å². The van der Waals surface area contributed by atoms with Gasteiger partial charge < -0.3 is 14.5 Å². The van der Waals surface area contributed by atoms with Gasteiger partial charge in [0.25, 0.3) is 0 Å². The Balaban J connectivity index is 1.21. The van der Waals surface area contributed by atoms with Gasteiger partial charge in [-0.3, -0.25) is 4.68 Å². The predicted octanol–water partition coefficient (Wildman–Crippen LogP) is 3.07. The number of aryl methyl sites for hydroxylation is 1. The van der Waals surface area contributed by atoms with Crippen molar-refractivity contribution in [1.82, 2.24) is 24.3 Å². The summed E-state index contributed by atoms with van der Waals surface area (Å²) in [4.78, 5) is 16.5. The second-order valence-corrected chi connectivity index (χ2v) is 8.02. The molecule has 1 saturated heterocycles. The summed E-state index contributed by atoms with van der Waals surface area (Å²) in [5.41, 5.74) is 5.53. The van der Waals surface area contributed by atoms with Crippen molar-refractivity contribution in [3.05, 3.63) is 72.3 Å². The fraction of sp³-hybridized carbons (Fsp3) is 0.250. The fourth-order valence-electron chi connectivity index (χ4n) is 4.05. The first-order chi connectivity index (χ1) is 16.1. The summed E-state index contributed by atoms with van der Waals surface area (Å²) in [5.74, 6) is 0. The van der Waals surface area contributed by atoms with Crippen LogP contribution in [0.1, 0.15) is 11.1 Å². The highest BCUT2D eigenvalue weighted by Crippen LogP contribution is 2.26. The molecule has 5 rings (SSSR count). The van der Waals surface area contributed by atoms with E-state index in [-0.39, 0.29) is 12.7 Å². The van der Waals surface area contributed by atoms with Crippen LogP contribution in [0.4, 0.5) is 10.5 Å². The number of benzene rings is 1. The Labute approximate surface area is 191 Å². The van der Waals surface area contributed by atoms with Crippen molar-refractivity contribution in [2.45, 2.75) is 6.61 Å². The van der Waals surface area contributed by atoms with E-state index in [1.165, 1.54) is 0 Å². The molecule has 0 aliphatic carbocycles. The molecule has 1 aliphatic rings. The van der Waals surface area contributed by atoms with Crippen LogP contribution in [0.3, 0.4) is 0 Å². The molecule has 0 saturated carbocycles. The number of ether oxygens (including phenoxy) is 1. The van der Waals surface area contributed by atoms with Crippen molar-refractivity contribution < 1.29 is 9.53 Å². The molecule has 0 spiro atoms. The maximum absolute atomic E-state index is 12.5. The van der Waals surface area contributed by atoms with Gasteiger partial charge in [0.1, 0.15) is 6.61 Å². The number of carbonyl (C=O) groups is 1. The highest BCUT2D eigenvalue weighted by atomic mass is 16.6. The lowest BCUT2D eigenvalue weighted by atomic mass is 10.1. The molecule has 0 N–H and O–H groups in total. The van der Waals surface area contributed by atoms with Gasteiger partial charge in [0.15, 0.2) is 0 Å². The zero-order valence-electron chi connectivity index (χ0n) is 18.3. The quantitative estimate of drug-likeness (QED) is 0.483. The van der Waals surface area contributed by atoms with Crippen LogP contribution in [0, 0.1) is 11.3 Å². The molecule has 0 atom stereocenters. The van der Waals surface area contributed by atoms with Gasteiger partial charge in [0.2, 0.25) is 0 Å². The van der Waals surface area contributed by atoms with Crippen molar-refractivity contribution in [2.24, 2.45) is 7.05 Å². The van der Waals surface area contributed by atoms with E-state index in [4.69, 9.17) is 10.00 Å². The minimum Gasteiger partial charge on any atom is -0.445 e. The number of rotatable bonds is 4.